The maximum absolute atomic E-state index is 12.9. The Morgan fingerprint density at radius 3 is 1.05 bits per heavy atom. The van der Waals surface area contributed by atoms with Gasteiger partial charge in [0.15, 0.2) is 6.10 Å². The van der Waals surface area contributed by atoms with Crippen molar-refractivity contribution in [2.75, 3.05) is 47.5 Å². The third-order valence-electron chi connectivity index (χ3n) is 13.4. The van der Waals surface area contributed by atoms with E-state index in [0.29, 0.717) is 17.4 Å². The summed E-state index contributed by atoms with van der Waals surface area (Å²) < 4.78 is 22.9. The average Bonchev–Trinajstić information content (AvgIpc) is 3.44. The molecule has 9 heteroatoms. The molecule has 0 amide bonds. The molecule has 9 nitrogen and oxygen atoms in total. The molecule has 0 rings (SSSR count). The highest BCUT2D eigenvalue weighted by Gasteiger charge is 2.25. The first kappa shape index (κ1) is 76.4. The Balaban J connectivity index is 4.28. The van der Waals surface area contributed by atoms with Crippen molar-refractivity contribution in [3.05, 3.63) is 134 Å². The van der Waals surface area contributed by atoms with Gasteiger partial charge < -0.3 is 28.5 Å². The summed E-state index contributed by atoms with van der Waals surface area (Å²) in [4.78, 5) is 37.6. The Morgan fingerprint density at radius 1 is 0.383 bits per heavy atom. The number of carbonyl (C=O) groups excluding carboxylic acids is 2. The first-order valence-corrected chi connectivity index (χ1v) is 32.3. The van der Waals surface area contributed by atoms with Crippen LogP contribution in [0.4, 0.5) is 0 Å². The lowest BCUT2D eigenvalue weighted by Crippen LogP contribution is -2.40. The van der Waals surface area contributed by atoms with Crippen LogP contribution in [0.5, 0.6) is 0 Å². The molecule has 2 atom stereocenters. The first-order valence-electron chi connectivity index (χ1n) is 32.3. The Morgan fingerprint density at radius 2 is 0.704 bits per heavy atom. The second kappa shape index (κ2) is 61.5. The molecule has 0 heterocycles. The fraction of sp³-hybridized carbons (Fsp3) is 0.653. The first-order chi connectivity index (χ1) is 39.6. The zero-order valence-electron chi connectivity index (χ0n) is 52.4. The zero-order chi connectivity index (χ0) is 59.1. The van der Waals surface area contributed by atoms with Gasteiger partial charge >= 0.3 is 17.9 Å². The van der Waals surface area contributed by atoms with Crippen LogP contribution in [0.3, 0.4) is 0 Å². The lowest BCUT2D eigenvalue weighted by molar-refractivity contribution is -0.870. The van der Waals surface area contributed by atoms with Gasteiger partial charge in [-0.05, 0) is 116 Å². The fourth-order valence-electron chi connectivity index (χ4n) is 8.45. The molecule has 460 valence electrons. The van der Waals surface area contributed by atoms with Crippen LogP contribution >= 0.6 is 0 Å². The van der Waals surface area contributed by atoms with Crippen molar-refractivity contribution >= 4 is 17.9 Å². The number of nitrogens with zero attached hydrogens (tertiary/aromatic N) is 1. The predicted octanol–water partition coefficient (Wildman–Crippen LogP) is 19.8. The zero-order valence-corrected chi connectivity index (χ0v) is 52.4. The molecule has 0 radical (unpaired) electrons. The van der Waals surface area contributed by atoms with Crippen molar-refractivity contribution in [3.8, 4) is 0 Å². The van der Waals surface area contributed by atoms with Crippen molar-refractivity contribution in [2.45, 2.75) is 257 Å². The second-order valence-electron chi connectivity index (χ2n) is 22.3. The molecule has 0 aromatic heterocycles. The van der Waals surface area contributed by atoms with E-state index in [2.05, 4.69) is 148 Å². The molecular weight excluding hydrogens is 1010 g/mol. The van der Waals surface area contributed by atoms with Crippen LogP contribution in [-0.2, 0) is 33.3 Å². The molecule has 0 saturated heterocycles. The Kier molecular flexibility index (Phi) is 58.0. The van der Waals surface area contributed by atoms with Crippen molar-refractivity contribution in [2.24, 2.45) is 0 Å². The van der Waals surface area contributed by atoms with Crippen LogP contribution < -0.4 is 0 Å². The normalized spacial score (nSPS) is 13.6. The minimum atomic E-state index is -1.53. The van der Waals surface area contributed by atoms with E-state index in [1.54, 1.807) is 0 Å². The molecule has 0 aromatic rings. The number of ether oxygens (including phenoxy) is 4. The van der Waals surface area contributed by atoms with E-state index < -0.39 is 24.3 Å². The van der Waals surface area contributed by atoms with Gasteiger partial charge in [0.1, 0.15) is 13.2 Å². The van der Waals surface area contributed by atoms with Gasteiger partial charge in [-0.15, -0.1) is 0 Å². The Labute approximate surface area is 497 Å². The maximum atomic E-state index is 12.9. The Hall–Kier alpha value is -4.57. The number of carboxylic acid groups (broad SMARTS) is 1. The van der Waals surface area contributed by atoms with Crippen molar-refractivity contribution in [3.63, 3.8) is 0 Å². The second-order valence-corrected chi connectivity index (χ2v) is 22.3. The van der Waals surface area contributed by atoms with Gasteiger partial charge in [-0.2, -0.15) is 0 Å². The van der Waals surface area contributed by atoms with Crippen LogP contribution in [0, 0.1) is 0 Å². The van der Waals surface area contributed by atoms with Crippen LogP contribution in [0.1, 0.15) is 245 Å². The number of carbonyl (C=O) groups is 3. The predicted molar refractivity (Wildman–Crippen MR) is 345 cm³/mol. The summed E-state index contributed by atoms with van der Waals surface area (Å²) in [6.45, 7) is 4.72. The number of hydrogen-bond acceptors (Lipinski definition) is 7. The largest absolute Gasteiger partial charge is 0.477 e. The third-order valence-corrected chi connectivity index (χ3v) is 13.4. The number of likely N-dealkylation sites (N-methyl/N-ethyl adjacent to an activating group) is 1. The molecule has 0 aliphatic carbocycles. The molecule has 81 heavy (non-hydrogen) atoms. The number of esters is 2. The van der Waals surface area contributed by atoms with E-state index in [0.717, 1.165) is 122 Å². The quantitative estimate of drug-likeness (QED) is 0.0211. The van der Waals surface area contributed by atoms with E-state index in [1.807, 2.05) is 21.1 Å². The maximum Gasteiger partial charge on any atom is 0.361 e. The van der Waals surface area contributed by atoms with Gasteiger partial charge in [-0.3, -0.25) is 9.59 Å². The highest BCUT2D eigenvalue weighted by Crippen LogP contribution is 2.15. The minimum absolute atomic E-state index is 0.176. The highest BCUT2D eigenvalue weighted by atomic mass is 16.7. The summed E-state index contributed by atoms with van der Waals surface area (Å²) in [5.74, 6) is -2.04. The molecule has 0 bridgehead atoms. The summed E-state index contributed by atoms with van der Waals surface area (Å²) in [7, 11) is 5.96. The topological polar surface area (TPSA) is 108 Å². The van der Waals surface area contributed by atoms with E-state index in [4.69, 9.17) is 18.9 Å². The highest BCUT2D eigenvalue weighted by molar-refractivity contribution is 5.71. The van der Waals surface area contributed by atoms with Gasteiger partial charge in [-0.25, -0.2) is 4.79 Å². The summed E-state index contributed by atoms with van der Waals surface area (Å²) >= 11 is 0. The van der Waals surface area contributed by atoms with Crippen LogP contribution in [0.15, 0.2) is 134 Å². The van der Waals surface area contributed by atoms with Crippen LogP contribution in [-0.4, -0.2) is 87.4 Å². The molecule has 0 aromatic carbocycles. The smallest absolute Gasteiger partial charge is 0.361 e. The molecular formula is C72H120NO8+. The number of aliphatic carboxylic acids is 1. The molecule has 1 N–H and O–H groups in total. The number of quaternary nitrogens is 1. The van der Waals surface area contributed by atoms with Crippen molar-refractivity contribution in [1.82, 2.24) is 0 Å². The molecule has 2 unspecified atom stereocenters. The lowest BCUT2D eigenvalue weighted by atomic mass is 10.1. The van der Waals surface area contributed by atoms with Gasteiger partial charge in [-0.1, -0.05) is 250 Å². The number of allylic oxidation sites excluding steroid dienone is 22. The number of carboxylic acids is 1. The summed E-state index contributed by atoms with van der Waals surface area (Å²) in [5, 5.41) is 9.73. The van der Waals surface area contributed by atoms with Crippen molar-refractivity contribution in [1.29, 1.82) is 0 Å². The lowest BCUT2D eigenvalue weighted by Gasteiger charge is -2.25. The molecule has 0 aliphatic heterocycles. The van der Waals surface area contributed by atoms with E-state index >= 15 is 0 Å². The van der Waals surface area contributed by atoms with Crippen molar-refractivity contribution < 1.29 is 42.9 Å². The van der Waals surface area contributed by atoms with Gasteiger partial charge in [0.2, 0.25) is 0 Å². The van der Waals surface area contributed by atoms with Crippen LogP contribution in [0.25, 0.3) is 0 Å². The summed E-state index contributed by atoms with van der Waals surface area (Å²) in [6, 6.07) is 0. The van der Waals surface area contributed by atoms with Gasteiger partial charge in [0, 0.05) is 12.8 Å². The molecule has 0 saturated carbocycles. The SMILES string of the molecule is CC/C=C\C/C=C\C/C=C\C/C=C\C/C=C\C/C=C\C/C=C\C/C=C\CCCCCCCCC(=O)OC(COC(=O)CCCCCCCCCCCC/C=C\C/C=C\C/C=C\CCCCCCC)COC(OCC[N+](C)(C)C)C(=O)O. The Bertz CT molecular complexity index is 1790. The number of hydrogen-bond donors (Lipinski definition) is 1. The number of rotatable bonds is 58. The summed E-state index contributed by atoms with van der Waals surface area (Å²) in [6.07, 6.45) is 85.3. The van der Waals surface area contributed by atoms with Crippen LogP contribution in [0.2, 0.25) is 0 Å². The minimum Gasteiger partial charge on any atom is -0.477 e. The molecule has 0 spiro atoms. The van der Waals surface area contributed by atoms with E-state index in [1.165, 1.54) is 89.9 Å². The standard InChI is InChI=1S/C72H119NO8/c1-6-8-10-12-14-16-18-20-22-24-26-28-30-32-33-34-35-36-37-39-41-43-45-47-49-51-53-55-57-59-61-63-70(75)81-68(67-80-72(71(76)77)78-65-64-73(3,4)5)66-79-69(74)62-60-58-56-54-52-50-48-46-44-42-40-38-31-29-27-25-23-21-19-17-15-13-11-9-7-2/h8,10,14,16,19-22,25-28,31-33,35-36,38-39,41,45,47,68,72H,6-7,9,11-13,15,17-18,23-24,29-30,34,37,40,42-44,46,48-67H2,1-5H3/p+1/b10-8-,16-14-,21-19-,22-20-,27-25-,28-26-,33-32-,36-35-,38-31-,41-39-,47-45-. The number of unbranched alkanes of at least 4 members (excludes halogenated alkanes) is 21. The third kappa shape index (κ3) is 62.9. The summed E-state index contributed by atoms with van der Waals surface area (Å²) in [5.41, 5.74) is 0. The average molecular weight is 1130 g/mol. The van der Waals surface area contributed by atoms with E-state index in [-0.39, 0.29) is 38.6 Å². The molecule has 0 fully saturated rings. The van der Waals surface area contributed by atoms with Gasteiger partial charge in [0.05, 0.1) is 34.4 Å². The monoisotopic (exact) mass is 1130 g/mol. The van der Waals surface area contributed by atoms with Gasteiger partial charge in [0.25, 0.3) is 6.29 Å². The fourth-order valence-corrected chi connectivity index (χ4v) is 8.45. The molecule has 0 aliphatic rings. The van der Waals surface area contributed by atoms with E-state index in [9.17, 15) is 19.5 Å².